The zero-order valence-electron chi connectivity index (χ0n) is 10.7. The zero-order chi connectivity index (χ0) is 16.2. The fourth-order valence-corrected chi connectivity index (χ4v) is 1.70. The van der Waals surface area contributed by atoms with Gasteiger partial charge in [0.05, 0.1) is 19.4 Å². The van der Waals surface area contributed by atoms with Gasteiger partial charge in [-0.25, -0.2) is 0 Å². The van der Waals surface area contributed by atoms with Crippen molar-refractivity contribution in [1.29, 1.82) is 0 Å². The van der Waals surface area contributed by atoms with E-state index in [9.17, 15) is 26.7 Å². The van der Waals surface area contributed by atoms with Gasteiger partial charge in [0.15, 0.2) is 11.5 Å². The van der Waals surface area contributed by atoms with Crippen molar-refractivity contribution in [1.82, 2.24) is 0 Å². The summed E-state index contributed by atoms with van der Waals surface area (Å²) in [5.41, 5.74) is -0.499. The highest BCUT2D eigenvalue weighted by atomic mass is 19.4. The number of halogens is 5. The molecule has 1 rings (SSSR count). The third-order valence-electron chi connectivity index (χ3n) is 2.58. The van der Waals surface area contributed by atoms with E-state index in [0.29, 0.717) is 6.07 Å². The van der Waals surface area contributed by atoms with Crippen LogP contribution in [-0.2, 0) is 4.79 Å². The van der Waals surface area contributed by atoms with E-state index in [2.05, 4.69) is 4.74 Å². The molecule has 1 atom stereocenters. The van der Waals surface area contributed by atoms with Gasteiger partial charge >= 0.3 is 18.8 Å². The molecule has 0 radical (unpaired) electrons. The number of alkyl halides is 5. The maximum Gasteiger partial charge on any atom is 0.396 e. The molecule has 118 valence electrons. The minimum Gasteiger partial charge on any atom is -0.493 e. The van der Waals surface area contributed by atoms with Gasteiger partial charge in [-0.15, -0.1) is 0 Å². The molecule has 1 aromatic rings. The van der Waals surface area contributed by atoms with Gasteiger partial charge in [0, 0.05) is 0 Å². The minimum absolute atomic E-state index is 0.185. The normalized spacial score (nSPS) is 13.1. The fraction of sp³-hybridized carbons (Fsp3) is 0.417. The van der Waals surface area contributed by atoms with Crippen LogP contribution in [0.5, 0.6) is 11.5 Å². The van der Waals surface area contributed by atoms with Crippen LogP contribution in [0.15, 0.2) is 18.2 Å². The number of carboxylic acids is 1. The molecule has 0 saturated carbocycles. The first-order valence-electron chi connectivity index (χ1n) is 5.56. The minimum atomic E-state index is -4.84. The second-order valence-electron chi connectivity index (χ2n) is 3.98. The molecule has 0 heterocycles. The van der Waals surface area contributed by atoms with E-state index in [-0.39, 0.29) is 5.75 Å². The molecule has 1 unspecified atom stereocenters. The lowest BCUT2D eigenvalue weighted by Crippen LogP contribution is -2.23. The summed E-state index contributed by atoms with van der Waals surface area (Å²) in [6.45, 7) is -3.25. The maximum atomic E-state index is 12.9. The predicted molar refractivity (Wildman–Crippen MR) is 60.7 cm³/mol. The van der Waals surface area contributed by atoms with Gasteiger partial charge in [0.25, 0.3) is 0 Å². The summed E-state index contributed by atoms with van der Waals surface area (Å²) < 4.78 is 71.8. The third-order valence-corrected chi connectivity index (χ3v) is 2.58. The third kappa shape index (κ3) is 4.76. The molecule has 21 heavy (non-hydrogen) atoms. The lowest BCUT2D eigenvalue weighted by molar-refractivity contribution is -0.163. The first kappa shape index (κ1) is 17.0. The number of aliphatic carboxylic acids is 1. The number of rotatable bonds is 6. The number of carboxylic acid groups (broad SMARTS) is 1. The van der Waals surface area contributed by atoms with Crippen molar-refractivity contribution in [3.8, 4) is 11.5 Å². The highest BCUT2D eigenvalue weighted by Gasteiger charge is 2.42. The van der Waals surface area contributed by atoms with E-state index in [4.69, 9.17) is 9.84 Å². The Bertz CT molecular complexity index is 501. The zero-order valence-corrected chi connectivity index (χ0v) is 10.7. The summed E-state index contributed by atoms with van der Waals surface area (Å²) in [6.07, 6.45) is -6.06. The summed E-state index contributed by atoms with van der Waals surface area (Å²) in [6, 6.07) is 2.66. The molecule has 1 aromatic carbocycles. The van der Waals surface area contributed by atoms with Crippen molar-refractivity contribution in [2.75, 3.05) is 7.11 Å². The van der Waals surface area contributed by atoms with Crippen molar-refractivity contribution >= 4 is 5.97 Å². The van der Waals surface area contributed by atoms with Crippen LogP contribution in [-0.4, -0.2) is 31.0 Å². The van der Waals surface area contributed by atoms with Crippen molar-refractivity contribution in [3.05, 3.63) is 23.8 Å². The van der Waals surface area contributed by atoms with Gasteiger partial charge in [-0.3, -0.25) is 4.79 Å². The van der Waals surface area contributed by atoms with Crippen LogP contribution in [0.25, 0.3) is 0 Å². The number of carbonyl (C=O) groups is 1. The quantitative estimate of drug-likeness (QED) is 0.818. The van der Waals surface area contributed by atoms with Crippen LogP contribution in [0.3, 0.4) is 0 Å². The van der Waals surface area contributed by atoms with Crippen molar-refractivity contribution < 1.29 is 41.3 Å². The Morgan fingerprint density at radius 3 is 2.33 bits per heavy atom. The summed E-state index contributed by atoms with van der Waals surface area (Å²) in [5.74, 6) is -4.77. The van der Waals surface area contributed by atoms with Gasteiger partial charge in [-0.05, 0) is 17.7 Å². The van der Waals surface area contributed by atoms with Crippen LogP contribution < -0.4 is 9.47 Å². The molecule has 1 N–H and O–H groups in total. The van der Waals surface area contributed by atoms with Gasteiger partial charge in [-0.1, -0.05) is 6.07 Å². The highest BCUT2D eigenvalue weighted by Crippen LogP contribution is 2.40. The number of hydrogen-bond acceptors (Lipinski definition) is 3. The lowest BCUT2D eigenvalue weighted by atomic mass is 9.95. The van der Waals surface area contributed by atoms with E-state index in [1.165, 1.54) is 0 Å². The molecule has 4 nitrogen and oxygen atoms in total. The maximum absolute atomic E-state index is 12.9. The van der Waals surface area contributed by atoms with Gasteiger partial charge in [0.1, 0.15) is 0 Å². The second-order valence-corrected chi connectivity index (χ2v) is 3.98. The Kier molecular flexibility index (Phi) is 5.34. The summed E-state index contributed by atoms with van der Waals surface area (Å²) in [4.78, 5) is 10.5. The molecular weight excluding hydrogens is 303 g/mol. The van der Waals surface area contributed by atoms with E-state index in [0.717, 1.165) is 19.2 Å². The number of methoxy groups -OCH3 is 1. The van der Waals surface area contributed by atoms with Crippen LogP contribution in [0.4, 0.5) is 22.0 Å². The van der Waals surface area contributed by atoms with Gasteiger partial charge in [0.2, 0.25) is 0 Å². The van der Waals surface area contributed by atoms with Gasteiger partial charge < -0.3 is 14.6 Å². The Labute approximate surface area is 116 Å². The average molecular weight is 314 g/mol. The Hall–Kier alpha value is -2.06. The first-order valence-corrected chi connectivity index (χ1v) is 5.56. The van der Waals surface area contributed by atoms with Crippen LogP contribution in [0.2, 0.25) is 0 Å². The number of benzene rings is 1. The Morgan fingerprint density at radius 1 is 1.29 bits per heavy atom. The molecular formula is C12H11F5O4. The van der Waals surface area contributed by atoms with Crippen LogP contribution >= 0.6 is 0 Å². The molecule has 0 amide bonds. The Morgan fingerprint density at radius 2 is 1.90 bits per heavy atom. The molecule has 0 spiro atoms. The first-order chi connectivity index (χ1) is 9.65. The predicted octanol–water partition coefficient (Wildman–Crippen LogP) is 3.42. The smallest absolute Gasteiger partial charge is 0.396 e. The lowest BCUT2D eigenvalue weighted by Gasteiger charge is -2.20. The summed E-state index contributed by atoms with van der Waals surface area (Å²) >= 11 is 0. The van der Waals surface area contributed by atoms with E-state index in [1.54, 1.807) is 0 Å². The molecule has 0 aliphatic rings. The molecule has 9 heteroatoms. The number of hydrogen-bond donors (Lipinski definition) is 1. The van der Waals surface area contributed by atoms with Gasteiger partial charge in [-0.2, -0.15) is 22.0 Å². The molecule has 0 fully saturated rings. The van der Waals surface area contributed by atoms with E-state index in [1.807, 2.05) is 0 Å². The standard InChI is InChI=1S/C12H11F5O4/c1-20-8-3-2-6(4-9(8)21-11(13)14)7(5-10(18)19)12(15,16)17/h2-4,7,11H,5H2,1H3,(H,18,19). The van der Waals surface area contributed by atoms with Crippen LogP contribution in [0.1, 0.15) is 17.9 Å². The SMILES string of the molecule is COc1ccc(C(CC(=O)O)C(F)(F)F)cc1OC(F)F. The fourth-order valence-electron chi connectivity index (χ4n) is 1.70. The van der Waals surface area contributed by atoms with E-state index >= 15 is 0 Å². The summed E-state index contributed by atoms with van der Waals surface area (Å²) in [7, 11) is 1.13. The van der Waals surface area contributed by atoms with Crippen molar-refractivity contribution in [2.24, 2.45) is 0 Å². The van der Waals surface area contributed by atoms with E-state index < -0.39 is 42.4 Å². The second kappa shape index (κ2) is 6.59. The molecule has 0 aliphatic carbocycles. The Balaban J connectivity index is 3.23. The largest absolute Gasteiger partial charge is 0.493 e. The molecule has 0 aliphatic heterocycles. The van der Waals surface area contributed by atoms with Crippen molar-refractivity contribution in [2.45, 2.75) is 25.1 Å². The molecule has 0 bridgehead atoms. The molecule has 0 saturated heterocycles. The topological polar surface area (TPSA) is 55.8 Å². The monoisotopic (exact) mass is 314 g/mol. The molecule has 0 aromatic heterocycles. The average Bonchev–Trinajstić information content (AvgIpc) is 2.33. The summed E-state index contributed by atoms with van der Waals surface area (Å²) in [5, 5.41) is 8.55. The van der Waals surface area contributed by atoms with Crippen molar-refractivity contribution in [3.63, 3.8) is 0 Å². The highest BCUT2D eigenvalue weighted by molar-refractivity contribution is 5.68. The number of ether oxygens (including phenoxy) is 2. The van der Waals surface area contributed by atoms with Crippen LogP contribution in [0, 0.1) is 0 Å².